The first-order valence-electron chi connectivity index (χ1n) is 9.72. The van der Waals surface area contributed by atoms with E-state index >= 15 is 0 Å². The van der Waals surface area contributed by atoms with Gasteiger partial charge in [-0.05, 0) is 65.4 Å². The van der Waals surface area contributed by atoms with Crippen LogP contribution in [-0.2, 0) is 11.3 Å². The molecule has 1 fully saturated rings. The molecule has 2 aliphatic heterocycles. The van der Waals surface area contributed by atoms with E-state index in [0.29, 0.717) is 10.1 Å². The predicted molar refractivity (Wildman–Crippen MR) is 125 cm³/mol. The molecular weight excluding hydrogens is 392 g/mol. The Kier molecular flexibility index (Phi) is 4.86. The van der Waals surface area contributed by atoms with Crippen molar-refractivity contribution in [3.8, 4) is 0 Å². The number of amidine groups is 1. The number of nitrogens with zero attached hydrogens (tertiary/aromatic N) is 3. The van der Waals surface area contributed by atoms with Crippen LogP contribution in [0.25, 0.3) is 6.08 Å². The molecule has 3 aromatic rings. The summed E-state index contributed by atoms with van der Waals surface area (Å²) in [5, 5.41) is 2.68. The molecule has 1 saturated heterocycles. The number of hydrazine groups is 1. The number of carbonyl (C=O) groups is 1. The maximum absolute atomic E-state index is 13.3. The van der Waals surface area contributed by atoms with Crippen LogP contribution in [-0.4, -0.2) is 18.1 Å². The van der Waals surface area contributed by atoms with Crippen molar-refractivity contribution >= 4 is 46.0 Å². The maximum Gasteiger partial charge on any atom is 0.271 e. The van der Waals surface area contributed by atoms with Gasteiger partial charge in [-0.25, -0.2) is 10.4 Å². The summed E-state index contributed by atoms with van der Waals surface area (Å²) in [5.74, 6) is -0.0587. The van der Waals surface area contributed by atoms with E-state index in [9.17, 15) is 4.79 Å². The second-order valence-corrected chi connectivity index (χ2v) is 8.11. The molecular formula is C24H20N4OS. The highest BCUT2D eigenvalue weighted by molar-refractivity contribution is 8.19. The lowest BCUT2D eigenvalue weighted by Gasteiger charge is -2.15. The molecule has 2 heterocycles. The molecule has 0 saturated carbocycles. The average Bonchev–Trinajstić information content (AvgIpc) is 3.29. The topological polar surface area (TPSA) is 47.9 Å². The highest BCUT2D eigenvalue weighted by Crippen LogP contribution is 2.37. The van der Waals surface area contributed by atoms with Crippen molar-refractivity contribution < 1.29 is 4.79 Å². The molecule has 0 unspecified atom stereocenters. The van der Waals surface area contributed by atoms with Gasteiger partial charge in [0.2, 0.25) is 0 Å². The Balaban J connectivity index is 1.54. The lowest BCUT2D eigenvalue weighted by atomic mass is 10.1. The van der Waals surface area contributed by atoms with Crippen molar-refractivity contribution in [3.05, 3.63) is 94.9 Å². The van der Waals surface area contributed by atoms with E-state index in [1.807, 2.05) is 84.9 Å². The molecule has 5 nitrogen and oxygen atoms in total. The van der Waals surface area contributed by atoms with E-state index in [1.165, 1.54) is 23.0 Å². The SMILES string of the molecule is CN1NCc2cc(/C=C3\SC(=Nc4ccccc4)N(c4ccccc4)C3=O)ccc21. The van der Waals surface area contributed by atoms with Crippen molar-refractivity contribution in [3.63, 3.8) is 0 Å². The molecule has 0 bridgehead atoms. The van der Waals surface area contributed by atoms with Gasteiger partial charge in [0, 0.05) is 13.6 Å². The van der Waals surface area contributed by atoms with Crippen molar-refractivity contribution in [2.24, 2.45) is 4.99 Å². The molecule has 0 atom stereocenters. The maximum atomic E-state index is 13.3. The van der Waals surface area contributed by atoms with Crippen molar-refractivity contribution in [2.45, 2.75) is 6.54 Å². The van der Waals surface area contributed by atoms with Crippen molar-refractivity contribution in [2.75, 3.05) is 17.0 Å². The van der Waals surface area contributed by atoms with E-state index in [2.05, 4.69) is 17.6 Å². The van der Waals surface area contributed by atoms with Crippen LogP contribution in [0, 0.1) is 0 Å². The minimum atomic E-state index is -0.0587. The van der Waals surface area contributed by atoms with E-state index < -0.39 is 0 Å². The zero-order valence-corrected chi connectivity index (χ0v) is 17.3. The van der Waals surface area contributed by atoms with Gasteiger partial charge in [-0.1, -0.05) is 42.5 Å². The first-order valence-corrected chi connectivity index (χ1v) is 10.5. The van der Waals surface area contributed by atoms with Crippen LogP contribution < -0.4 is 15.3 Å². The second kappa shape index (κ2) is 7.82. The van der Waals surface area contributed by atoms with Gasteiger partial charge in [0.05, 0.1) is 22.0 Å². The van der Waals surface area contributed by atoms with Crippen LogP contribution in [0.2, 0.25) is 0 Å². The predicted octanol–water partition coefficient (Wildman–Crippen LogP) is 4.95. The molecule has 6 heteroatoms. The number of hydrogen-bond acceptors (Lipinski definition) is 5. The summed E-state index contributed by atoms with van der Waals surface area (Å²) in [6, 6.07) is 25.6. The Bertz CT molecular complexity index is 1160. The minimum Gasteiger partial charge on any atom is -0.311 e. The van der Waals surface area contributed by atoms with E-state index in [-0.39, 0.29) is 5.91 Å². The Morgan fingerprint density at radius 3 is 2.50 bits per heavy atom. The lowest BCUT2D eigenvalue weighted by Crippen LogP contribution is -2.28. The van der Waals surface area contributed by atoms with Crippen LogP contribution in [0.3, 0.4) is 0 Å². The van der Waals surface area contributed by atoms with Crippen LogP contribution in [0.5, 0.6) is 0 Å². The summed E-state index contributed by atoms with van der Waals surface area (Å²) in [7, 11) is 2.00. The van der Waals surface area contributed by atoms with E-state index in [4.69, 9.17) is 4.99 Å². The number of hydrogen-bond donors (Lipinski definition) is 1. The van der Waals surface area contributed by atoms with Gasteiger partial charge in [-0.15, -0.1) is 0 Å². The van der Waals surface area contributed by atoms with Crippen molar-refractivity contribution in [1.82, 2.24) is 5.43 Å². The number of amides is 1. The van der Waals surface area contributed by atoms with Crippen LogP contribution >= 0.6 is 11.8 Å². The molecule has 0 radical (unpaired) electrons. The first-order chi connectivity index (χ1) is 14.7. The number of aliphatic imine (C=N–C) groups is 1. The number of anilines is 2. The summed E-state index contributed by atoms with van der Waals surface area (Å²) >= 11 is 1.41. The van der Waals surface area contributed by atoms with Crippen LogP contribution in [0.4, 0.5) is 17.1 Å². The van der Waals surface area contributed by atoms with Crippen LogP contribution in [0.15, 0.2) is 88.8 Å². The molecule has 0 aliphatic carbocycles. The fourth-order valence-corrected chi connectivity index (χ4v) is 4.57. The zero-order chi connectivity index (χ0) is 20.5. The molecule has 0 spiro atoms. The summed E-state index contributed by atoms with van der Waals surface area (Å²) < 4.78 is 0. The van der Waals surface area contributed by atoms with Gasteiger partial charge in [-0.2, -0.15) is 0 Å². The molecule has 1 N–H and O–H groups in total. The number of thioether (sulfide) groups is 1. The summed E-state index contributed by atoms with van der Waals surface area (Å²) in [5.41, 5.74) is 8.32. The fraction of sp³-hybridized carbons (Fsp3) is 0.0833. The quantitative estimate of drug-likeness (QED) is 0.619. The molecule has 0 aromatic heterocycles. The molecule has 1 amide bonds. The Labute approximate surface area is 179 Å². The largest absolute Gasteiger partial charge is 0.311 e. The Morgan fingerprint density at radius 2 is 1.73 bits per heavy atom. The van der Waals surface area contributed by atoms with Crippen LogP contribution in [0.1, 0.15) is 11.1 Å². The molecule has 5 rings (SSSR count). The van der Waals surface area contributed by atoms with Gasteiger partial charge in [0.1, 0.15) is 0 Å². The number of nitrogens with one attached hydrogen (secondary N) is 1. The summed E-state index contributed by atoms with van der Waals surface area (Å²) in [4.78, 5) is 20.4. The van der Waals surface area contributed by atoms with E-state index in [1.54, 1.807) is 4.90 Å². The Hall–Kier alpha value is -3.35. The summed E-state index contributed by atoms with van der Waals surface area (Å²) in [6.45, 7) is 0.792. The van der Waals surface area contributed by atoms with E-state index in [0.717, 1.165) is 23.5 Å². The number of benzene rings is 3. The molecule has 148 valence electrons. The smallest absolute Gasteiger partial charge is 0.271 e. The standard InChI is InChI=1S/C24H20N4OS/c1-27-21-13-12-17(14-18(21)16-25-27)15-22-23(29)28(20-10-6-3-7-11-20)24(30-22)26-19-8-4-2-5-9-19/h2-15,25H,16H2,1H3/b22-15-,26-24?. The van der Waals surface area contributed by atoms with Gasteiger partial charge in [0.15, 0.2) is 5.17 Å². The molecule has 30 heavy (non-hydrogen) atoms. The van der Waals surface area contributed by atoms with Crippen molar-refractivity contribution in [1.29, 1.82) is 0 Å². The lowest BCUT2D eigenvalue weighted by molar-refractivity contribution is -0.113. The monoisotopic (exact) mass is 412 g/mol. The number of para-hydroxylation sites is 2. The minimum absolute atomic E-state index is 0.0587. The average molecular weight is 413 g/mol. The normalized spacial score (nSPS) is 18.5. The summed E-state index contributed by atoms with van der Waals surface area (Å²) in [6.07, 6.45) is 1.95. The fourth-order valence-electron chi connectivity index (χ4n) is 3.57. The molecule has 3 aromatic carbocycles. The third-order valence-corrected chi connectivity index (χ3v) is 6.04. The number of fused-ring (bicyclic) bond motifs is 1. The third kappa shape index (κ3) is 3.51. The van der Waals surface area contributed by atoms with Gasteiger partial charge in [-0.3, -0.25) is 9.69 Å². The number of carbonyl (C=O) groups excluding carboxylic acids is 1. The Morgan fingerprint density at radius 1 is 1.00 bits per heavy atom. The molecule has 2 aliphatic rings. The van der Waals surface area contributed by atoms with Gasteiger partial charge >= 0.3 is 0 Å². The highest BCUT2D eigenvalue weighted by atomic mass is 32.2. The third-order valence-electron chi connectivity index (χ3n) is 5.07. The highest BCUT2D eigenvalue weighted by Gasteiger charge is 2.34. The number of rotatable bonds is 3. The zero-order valence-electron chi connectivity index (χ0n) is 16.4. The van der Waals surface area contributed by atoms with Gasteiger partial charge < -0.3 is 5.01 Å². The van der Waals surface area contributed by atoms with Gasteiger partial charge in [0.25, 0.3) is 5.91 Å². The second-order valence-electron chi connectivity index (χ2n) is 7.10. The first kappa shape index (κ1) is 18.7.